The molecule has 0 bridgehead atoms. The Hall–Kier alpha value is -0.680. The number of rotatable bonds is 8. The van der Waals surface area contributed by atoms with Gasteiger partial charge in [0.05, 0.1) is 0 Å². The third-order valence-corrected chi connectivity index (χ3v) is 5.58. The highest BCUT2D eigenvalue weighted by atomic mass is 32.1. The minimum atomic E-state index is 0.485. The van der Waals surface area contributed by atoms with Crippen LogP contribution in [0.1, 0.15) is 40.9 Å². The van der Waals surface area contributed by atoms with E-state index in [4.69, 9.17) is 0 Å². The highest BCUT2D eigenvalue weighted by Crippen LogP contribution is 2.26. The van der Waals surface area contributed by atoms with Crippen LogP contribution in [0.4, 0.5) is 0 Å². The molecule has 0 radical (unpaired) electrons. The Kier molecular flexibility index (Phi) is 6.23. The van der Waals surface area contributed by atoms with Crippen molar-refractivity contribution in [2.45, 2.75) is 39.4 Å². The summed E-state index contributed by atoms with van der Waals surface area (Å²) in [5.74, 6) is 0. The fourth-order valence-corrected chi connectivity index (χ4v) is 4.02. The molecule has 0 aliphatic heterocycles. The van der Waals surface area contributed by atoms with E-state index in [0.717, 1.165) is 19.6 Å². The second-order valence-corrected chi connectivity index (χ2v) is 7.38. The zero-order valence-corrected chi connectivity index (χ0v) is 14.2. The molecular formula is C16H24N2S2. The van der Waals surface area contributed by atoms with Crippen LogP contribution in [-0.2, 0) is 13.1 Å². The Morgan fingerprint density at radius 3 is 2.75 bits per heavy atom. The van der Waals surface area contributed by atoms with Gasteiger partial charge >= 0.3 is 0 Å². The topological polar surface area (TPSA) is 15.3 Å². The zero-order chi connectivity index (χ0) is 14.4. The van der Waals surface area contributed by atoms with Crippen LogP contribution < -0.4 is 5.32 Å². The van der Waals surface area contributed by atoms with Crippen LogP contribution in [0.3, 0.4) is 0 Å². The standard InChI is InChI=1S/C16H24N2S2/c1-4-9-17-11-14-7-8-15(20-14)12-18(3)13(2)16-6-5-10-19-16/h5-8,10,13,17H,4,9,11-12H2,1-3H3. The first-order chi connectivity index (χ1) is 9.70. The number of nitrogens with one attached hydrogen (secondary N) is 1. The second kappa shape index (κ2) is 7.93. The largest absolute Gasteiger partial charge is 0.312 e. The number of thiophene rings is 2. The molecule has 2 rings (SSSR count). The highest BCUT2D eigenvalue weighted by Gasteiger charge is 2.13. The molecule has 2 heterocycles. The van der Waals surface area contributed by atoms with E-state index in [1.807, 2.05) is 22.7 Å². The van der Waals surface area contributed by atoms with Gasteiger partial charge in [-0.15, -0.1) is 22.7 Å². The van der Waals surface area contributed by atoms with E-state index < -0.39 is 0 Å². The Bertz CT molecular complexity index is 490. The van der Waals surface area contributed by atoms with Crippen molar-refractivity contribution in [3.8, 4) is 0 Å². The fraction of sp³-hybridized carbons (Fsp3) is 0.500. The predicted molar refractivity (Wildman–Crippen MR) is 90.5 cm³/mol. The van der Waals surface area contributed by atoms with E-state index >= 15 is 0 Å². The summed E-state index contributed by atoms with van der Waals surface area (Å²) >= 11 is 3.77. The molecule has 20 heavy (non-hydrogen) atoms. The van der Waals surface area contributed by atoms with E-state index in [-0.39, 0.29) is 0 Å². The van der Waals surface area contributed by atoms with Gasteiger partial charge in [-0.05, 0) is 50.5 Å². The predicted octanol–water partition coefficient (Wildman–Crippen LogP) is 4.50. The van der Waals surface area contributed by atoms with Crippen LogP contribution in [0, 0.1) is 0 Å². The van der Waals surface area contributed by atoms with Crippen molar-refractivity contribution >= 4 is 22.7 Å². The summed E-state index contributed by atoms with van der Waals surface area (Å²) in [5.41, 5.74) is 0. The van der Waals surface area contributed by atoms with Crippen molar-refractivity contribution in [2.75, 3.05) is 13.6 Å². The van der Waals surface area contributed by atoms with Gasteiger partial charge in [-0.25, -0.2) is 0 Å². The maximum absolute atomic E-state index is 3.46. The molecule has 0 saturated carbocycles. The van der Waals surface area contributed by atoms with Crippen molar-refractivity contribution < 1.29 is 0 Å². The molecule has 110 valence electrons. The molecule has 0 fully saturated rings. The van der Waals surface area contributed by atoms with Gasteiger partial charge < -0.3 is 5.32 Å². The summed E-state index contributed by atoms with van der Waals surface area (Å²) in [7, 11) is 2.21. The maximum atomic E-state index is 3.46. The van der Waals surface area contributed by atoms with E-state index in [9.17, 15) is 0 Å². The Morgan fingerprint density at radius 2 is 2.05 bits per heavy atom. The molecule has 0 spiro atoms. The summed E-state index contributed by atoms with van der Waals surface area (Å²) in [6.45, 7) is 7.61. The van der Waals surface area contributed by atoms with Gasteiger partial charge in [-0.2, -0.15) is 0 Å². The second-order valence-electron chi connectivity index (χ2n) is 5.15. The van der Waals surface area contributed by atoms with Crippen molar-refractivity contribution in [1.82, 2.24) is 10.2 Å². The van der Waals surface area contributed by atoms with Gasteiger partial charge in [0.15, 0.2) is 0 Å². The summed E-state index contributed by atoms with van der Waals surface area (Å²) < 4.78 is 0. The summed E-state index contributed by atoms with van der Waals surface area (Å²) in [6, 6.07) is 9.36. The first-order valence-electron chi connectivity index (χ1n) is 7.22. The van der Waals surface area contributed by atoms with E-state index in [1.165, 1.54) is 21.1 Å². The molecule has 1 atom stereocenters. The van der Waals surface area contributed by atoms with Crippen LogP contribution in [-0.4, -0.2) is 18.5 Å². The first kappa shape index (κ1) is 15.7. The Balaban J connectivity index is 1.86. The summed E-state index contributed by atoms with van der Waals surface area (Å²) in [4.78, 5) is 6.74. The normalized spacial score (nSPS) is 13.0. The quantitative estimate of drug-likeness (QED) is 0.722. The molecule has 2 nitrogen and oxygen atoms in total. The third-order valence-electron chi connectivity index (χ3n) is 3.46. The van der Waals surface area contributed by atoms with E-state index in [1.54, 1.807) is 0 Å². The highest BCUT2D eigenvalue weighted by molar-refractivity contribution is 7.12. The van der Waals surface area contributed by atoms with Gasteiger partial charge in [0.25, 0.3) is 0 Å². The molecule has 0 aliphatic rings. The fourth-order valence-electron chi connectivity index (χ4n) is 2.12. The lowest BCUT2D eigenvalue weighted by molar-refractivity contribution is 0.259. The summed E-state index contributed by atoms with van der Waals surface area (Å²) in [5, 5.41) is 5.62. The number of hydrogen-bond donors (Lipinski definition) is 1. The lowest BCUT2D eigenvalue weighted by Gasteiger charge is -2.23. The summed E-state index contributed by atoms with van der Waals surface area (Å²) in [6.07, 6.45) is 1.19. The van der Waals surface area contributed by atoms with Crippen LogP contribution in [0.25, 0.3) is 0 Å². The molecule has 0 saturated heterocycles. The van der Waals surface area contributed by atoms with Gasteiger partial charge in [0, 0.05) is 33.8 Å². The van der Waals surface area contributed by atoms with Crippen molar-refractivity contribution in [2.24, 2.45) is 0 Å². The molecule has 0 amide bonds. The first-order valence-corrected chi connectivity index (χ1v) is 8.92. The minimum absolute atomic E-state index is 0.485. The molecular weight excluding hydrogens is 284 g/mol. The van der Waals surface area contributed by atoms with Gasteiger partial charge in [-0.3, -0.25) is 4.90 Å². The number of nitrogens with zero attached hydrogens (tertiary/aromatic N) is 1. The van der Waals surface area contributed by atoms with Crippen LogP contribution >= 0.6 is 22.7 Å². The third kappa shape index (κ3) is 4.42. The van der Waals surface area contributed by atoms with Gasteiger partial charge in [0.2, 0.25) is 0 Å². The SMILES string of the molecule is CCCNCc1ccc(CN(C)C(C)c2cccs2)s1. The molecule has 0 aliphatic carbocycles. The Morgan fingerprint density at radius 1 is 1.25 bits per heavy atom. The molecule has 1 unspecified atom stereocenters. The average Bonchev–Trinajstić information content (AvgIpc) is 3.09. The van der Waals surface area contributed by atoms with Gasteiger partial charge in [-0.1, -0.05) is 13.0 Å². The average molecular weight is 309 g/mol. The molecule has 2 aromatic heterocycles. The van der Waals surface area contributed by atoms with Crippen molar-refractivity contribution in [1.29, 1.82) is 0 Å². The molecule has 2 aromatic rings. The monoisotopic (exact) mass is 308 g/mol. The molecule has 1 N–H and O–H groups in total. The van der Waals surface area contributed by atoms with E-state index in [2.05, 4.69) is 60.8 Å². The van der Waals surface area contributed by atoms with Crippen molar-refractivity contribution in [3.63, 3.8) is 0 Å². The van der Waals surface area contributed by atoms with Crippen LogP contribution in [0.2, 0.25) is 0 Å². The zero-order valence-electron chi connectivity index (χ0n) is 12.6. The molecule has 0 aromatic carbocycles. The van der Waals surface area contributed by atoms with Crippen LogP contribution in [0.5, 0.6) is 0 Å². The van der Waals surface area contributed by atoms with Gasteiger partial charge in [0.1, 0.15) is 0 Å². The number of hydrogen-bond acceptors (Lipinski definition) is 4. The van der Waals surface area contributed by atoms with Crippen molar-refractivity contribution in [3.05, 3.63) is 44.3 Å². The lowest BCUT2D eigenvalue weighted by Crippen LogP contribution is -2.20. The maximum Gasteiger partial charge on any atom is 0.0414 e. The minimum Gasteiger partial charge on any atom is -0.312 e. The Labute approximate surface area is 130 Å². The van der Waals surface area contributed by atoms with Crippen LogP contribution in [0.15, 0.2) is 29.6 Å². The lowest BCUT2D eigenvalue weighted by atomic mass is 10.2. The smallest absolute Gasteiger partial charge is 0.0414 e. The van der Waals surface area contributed by atoms with E-state index in [0.29, 0.717) is 6.04 Å². The molecule has 4 heteroatoms.